The second-order valence-electron chi connectivity index (χ2n) is 6.50. The van der Waals surface area contributed by atoms with Crippen LogP contribution in [0.25, 0.3) is 34.5 Å². The molecule has 3 heteroatoms. The molecule has 136 valence electrons. The van der Waals surface area contributed by atoms with E-state index in [0.717, 1.165) is 39.6 Å². The van der Waals surface area contributed by atoms with Crippen LogP contribution in [0.2, 0.25) is 0 Å². The maximum absolute atomic E-state index is 4.55. The first-order chi connectivity index (χ1) is 13.8. The Morgan fingerprint density at radius 2 is 1.32 bits per heavy atom. The summed E-state index contributed by atoms with van der Waals surface area (Å²) in [6.45, 7) is 5.90. The summed E-state index contributed by atoms with van der Waals surface area (Å²) in [6.07, 6.45) is 5.81. The smallest absolute Gasteiger partial charge is 0.168 e. The van der Waals surface area contributed by atoms with E-state index in [4.69, 9.17) is 0 Å². The van der Waals surface area contributed by atoms with Gasteiger partial charge in [0, 0.05) is 11.1 Å². The summed E-state index contributed by atoms with van der Waals surface area (Å²) in [5, 5.41) is 9.10. The van der Waals surface area contributed by atoms with Gasteiger partial charge in [0.25, 0.3) is 0 Å². The van der Waals surface area contributed by atoms with Crippen LogP contribution in [0, 0.1) is 6.92 Å². The van der Waals surface area contributed by atoms with Crippen molar-refractivity contribution in [2.75, 3.05) is 0 Å². The highest BCUT2D eigenvalue weighted by Gasteiger charge is 2.18. The fourth-order valence-corrected chi connectivity index (χ4v) is 3.30. The van der Waals surface area contributed by atoms with E-state index in [1.165, 1.54) is 0 Å². The molecular formula is C25H21N3. The zero-order valence-corrected chi connectivity index (χ0v) is 15.8. The molecule has 0 N–H and O–H groups in total. The SMILES string of the molecule is C=C/C=C\c1cccc(-n2c(-c3ccccc3)nnc2-c2ccccc2)c1C. The summed E-state index contributed by atoms with van der Waals surface area (Å²) < 4.78 is 2.14. The van der Waals surface area contributed by atoms with Gasteiger partial charge in [-0.3, -0.25) is 4.57 Å². The van der Waals surface area contributed by atoms with Gasteiger partial charge in [-0.25, -0.2) is 0 Å². The molecule has 0 aliphatic carbocycles. The quantitative estimate of drug-likeness (QED) is 0.401. The third-order valence-electron chi connectivity index (χ3n) is 4.73. The Labute approximate surface area is 165 Å². The minimum atomic E-state index is 0.826. The van der Waals surface area contributed by atoms with Gasteiger partial charge in [-0.1, -0.05) is 97.6 Å². The molecule has 0 unspecified atom stereocenters. The standard InChI is InChI=1S/C25H21N3/c1-3-4-12-20-17-11-18-23(19(20)2)28-24(21-13-7-5-8-14-21)26-27-25(28)22-15-9-6-10-16-22/h3-18H,1H2,2H3/b12-4-. The molecule has 0 spiro atoms. The number of nitrogens with zero attached hydrogens (tertiary/aromatic N) is 3. The Morgan fingerprint density at radius 1 is 0.750 bits per heavy atom. The predicted octanol–water partition coefficient (Wildman–Crippen LogP) is 6.11. The lowest BCUT2D eigenvalue weighted by Crippen LogP contribution is -2.03. The topological polar surface area (TPSA) is 30.7 Å². The predicted molar refractivity (Wildman–Crippen MR) is 116 cm³/mol. The monoisotopic (exact) mass is 363 g/mol. The van der Waals surface area contributed by atoms with Crippen molar-refractivity contribution in [3.63, 3.8) is 0 Å². The number of hydrogen-bond acceptors (Lipinski definition) is 2. The minimum Gasteiger partial charge on any atom is -0.275 e. The van der Waals surface area contributed by atoms with Gasteiger partial charge in [0.15, 0.2) is 11.6 Å². The van der Waals surface area contributed by atoms with Crippen molar-refractivity contribution in [2.24, 2.45) is 0 Å². The average molecular weight is 363 g/mol. The van der Waals surface area contributed by atoms with E-state index in [9.17, 15) is 0 Å². The van der Waals surface area contributed by atoms with Gasteiger partial charge in [-0.05, 0) is 24.1 Å². The van der Waals surface area contributed by atoms with Gasteiger partial charge in [0.2, 0.25) is 0 Å². The van der Waals surface area contributed by atoms with E-state index >= 15 is 0 Å². The molecule has 0 saturated carbocycles. The molecule has 28 heavy (non-hydrogen) atoms. The molecule has 0 aliphatic rings. The van der Waals surface area contributed by atoms with E-state index < -0.39 is 0 Å². The van der Waals surface area contributed by atoms with Crippen molar-refractivity contribution in [2.45, 2.75) is 6.92 Å². The number of benzene rings is 3. The van der Waals surface area contributed by atoms with Gasteiger partial charge < -0.3 is 0 Å². The summed E-state index contributed by atoms with van der Waals surface area (Å²) in [7, 11) is 0. The molecule has 0 atom stereocenters. The van der Waals surface area contributed by atoms with Crippen LogP contribution in [0.15, 0.2) is 97.6 Å². The van der Waals surface area contributed by atoms with Crippen molar-refractivity contribution >= 4 is 6.08 Å². The zero-order valence-electron chi connectivity index (χ0n) is 15.8. The molecule has 1 heterocycles. The lowest BCUT2D eigenvalue weighted by atomic mass is 10.0. The van der Waals surface area contributed by atoms with Crippen molar-refractivity contribution in [1.29, 1.82) is 0 Å². The van der Waals surface area contributed by atoms with Crippen LogP contribution in [-0.4, -0.2) is 14.8 Å². The highest BCUT2D eigenvalue weighted by atomic mass is 15.3. The molecule has 0 radical (unpaired) electrons. The van der Waals surface area contributed by atoms with Crippen molar-refractivity contribution < 1.29 is 0 Å². The van der Waals surface area contributed by atoms with Crippen LogP contribution in [0.3, 0.4) is 0 Å². The van der Waals surface area contributed by atoms with Gasteiger partial charge in [0.05, 0.1) is 5.69 Å². The molecule has 0 aliphatic heterocycles. The van der Waals surface area contributed by atoms with Gasteiger partial charge >= 0.3 is 0 Å². The second kappa shape index (κ2) is 7.89. The third kappa shape index (κ3) is 3.30. The molecule has 0 bridgehead atoms. The highest BCUT2D eigenvalue weighted by molar-refractivity contribution is 5.69. The van der Waals surface area contributed by atoms with Crippen LogP contribution < -0.4 is 0 Å². The number of allylic oxidation sites excluding steroid dienone is 2. The van der Waals surface area contributed by atoms with Crippen LogP contribution >= 0.6 is 0 Å². The summed E-state index contributed by atoms with van der Waals surface area (Å²) >= 11 is 0. The van der Waals surface area contributed by atoms with Crippen LogP contribution in [0.1, 0.15) is 11.1 Å². The fraction of sp³-hybridized carbons (Fsp3) is 0.0400. The van der Waals surface area contributed by atoms with E-state index in [2.05, 4.69) is 76.8 Å². The molecular weight excluding hydrogens is 342 g/mol. The van der Waals surface area contributed by atoms with E-state index in [-0.39, 0.29) is 0 Å². The third-order valence-corrected chi connectivity index (χ3v) is 4.73. The van der Waals surface area contributed by atoms with Crippen LogP contribution in [0.4, 0.5) is 0 Å². The largest absolute Gasteiger partial charge is 0.275 e. The van der Waals surface area contributed by atoms with E-state index in [0.29, 0.717) is 0 Å². The Hall–Kier alpha value is -3.72. The number of rotatable bonds is 5. The van der Waals surface area contributed by atoms with Gasteiger partial charge in [0.1, 0.15) is 0 Å². The molecule has 3 aromatic carbocycles. The lowest BCUT2D eigenvalue weighted by Gasteiger charge is -2.15. The van der Waals surface area contributed by atoms with Crippen molar-refractivity contribution in [1.82, 2.24) is 14.8 Å². The molecule has 1 aromatic heterocycles. The molecule has 0 fully saturated rings. The normalized spacial score (nSPS) is 11.0. The average Bonchev–Trinajstić information content (AvgIpc) is 3.19. The van der Waals surface area contributed by atoms with Crippen molar-refractivity contribution in [3.05, 3.63) is 109 Å². The molecule has 0 amide bonds. The fourth-order valence-electron chi connectivity index (χ4n) is 3.30. The van der Waals surface area contributed by atoms with Crippen LogP contribution in [0.5, 0.6) is 0 Å². The first-order valence-electron chi connectivity index (χ1n) is 9.25. The number of hydrogen-bond donors (Lipinski definition) is 0. The first kappa shape index (κ1) is 17.7. The molecule has 4 aromatic rings. The highest BCUT2D eigenvalue weighted by Crippen LogP contribution is 2.31. The van der Waals surface area contributed by atoms with E-state index in [1.54, 1.807) is 6.08 Å². The van der Waals surface area contributed by atoms with E-state index in [1.807, 2.05) is 42.5 Å². The summed E-state index contributed by atoms with van der Waals surface area (Å²) in [4.78, 5) is 0. The van der Waals surface area contributed by atoms with Gasteiger partial charge in [-0.2, -0.15) is 0 Å². The summed E-state index contributed by atoms with van der Waals surface area (Å²) in [5.41, 5.74) is 5.43. The lowest BCUT2D eigenvalue weighted by molar-refractivity contribution is 1.05. The maximum atomic E-state index is 4.55. The minimum absolute atomic E-state index is 0.826. The molecule has 3 nitrogen and oxygen atoms in total. The summed E-state index contributed by atoms with van der Waals surface area (Å²) in [6, 6.07) is 26.6. The van der Waals surface area contributed by atoms with Crippen LogP contribution in [-0.2, 0) is 0 Å². The number of aromatic nitrogens is 3. The molecule has 0 saturated heterocycles. The van der Waals surface area contributed by atoms with Gasteiger partial charge in [-0.15, -0.1) is 10.2 Å². The Kier molecular flexibility index (Phi) is 4.98. The van der Waals surface area contributed by atoms with Crippen molar-refractivity contribution in [3.8, 4) is 28.5 Å². The molecule has 4 rings (SSSR count). The Balaban J connectivity index is 1.99. The zero-order chi connectivity index (χ0) is 19.3. The summed E-state index contributed by atoms with van der Waals surface area (Å²) in [5.74, 6) is 1.65. The second-order valence-corrected chi connectivity index (χ2v) is 6.50. The maximum Gasteiger partial charge on any atom is 0.168 e. The first-order valence-corrected chi connectivity index (χ1v) is 9.25. The Bertz CT molecular complexity index is 1070. The Morgan fingerprint density at radius 3 is 1.86 bits per heavy atom.